The molecule has 1 saturated heterocycles. The van der Waals surface area contributed by atoms with Crippen LogP contribution in [0, 0.1) is 19.8 Å². The second kappa shape index (κ2) is 9.62. The van der Waals surface area contributed by atoms with E-state index in [0.717, 1.165) is 16.7 Å². The number of carbonyl (C=O) groups excluding carboxylic acids is 2. The number of ether oxygens (including phenoxy) is 1. The van der Waals surface area contributed by atoms with E-state index >= 15 is 0 Å². The fraction of sp³-hybridized carbons (Fsp3) is 0.391. The number of hydrogen-bond donors (Lipinski definition) is 1. The van der Waals surface area contributed by atoms with Gasteiger partial charge in [-0.3, -0.25) is 4.79 Å². The lowest BCUT2D eigenvalue weighted by atomic mass is 9.97. The first-order chi connectivity index (χ1) is 14.7. The summed E-state index contributed by atoms with van der Waals surface area (Å²) < 4.78 is 31.8. The second-order valence-electron chi connectivity index (χ2n) is 7.93. The molecule has 0 spiro atoms. The van der Waals surface area contributed by atoms with Crippen molar-refractivity contribution in [1.29, 1.82) is 0 Å². The van der Waals surface area contributed by atoms with Crippen molar-refractivity contribution in [2.75, 3.05) is 25.5 Å². The summed E-state index contributed by atoms with van der Waals surface area (Å²) in [5, 5.41) is 2.88. The number of esters is 1. The molecule has 1 N–H and O–H groups in total. The molecule has 7 nitrogen and oxygen atoms in total. The minimum atomic E-state index is -3.44. The van der Waals surface area contributed by atoms with Crippen molar-refractivity contribution in [3.8, 4) is 0 Å². The normalized spacial score (nSPS) is 15.5. The SMILES string of the molecule is COC(=O)c1ccc(C)c(NC(=O)C2CCN(S(=O)(=O)Cc3cccc(C)c3)CC2)c1. The summed E-state index contributed by atoms with van der Waals surface area (Å²) >= 11 is 0. The van der Waals surface area contributed by atoms with Crippen LogP contribution in [0.15, 0.2) is 42.5 Å². The van der Waals surface area contributed by atoms with Gasteiger partial charge in [0.05, 0.1) is 18.4 Å². The van der Waals surface area contributed by atoms with Crippen LogP contribution in [-0.4, -0.2) is 44.8 Å². The zero-order valence-electron chi connectivity index (χ0n) is 18.1. The third-order valence-electron chi connectivity index (χ3n) is 5.57. The molecule has 0 radical (unpaired) electrons. The molecule has 0 atom stereocenters. The number of carbonyl (C=O) groups is 2. The molecule has 1 fully saturated rings. The number of anilines is 1. The molecular formula is C23H28N2O5S. The number of amides is 1. The maximum atomic E-state index is 12.8. The summed E-state index contributed by atoms with van der Waals surface area (Å²) in [5.74, 6) is -0.958. The van der Waals surface area contributed by atoms with Crippen molar-refractivity contribution < 1.29 is 22.7 Å². The van der Waals surface area contributed by atoms with Crippen LogP contribution in [0.3, 0.4) is 0 Å². The Balaban J connectivity index is 1.60. The second-order valence-corrected chi connectivity index (χ2v) is 9.90. The van der Waals surface area contributed by atoms with Crippen LogP contribution in [0.25, 0.3) is 0 Å². The number of sulfonamides is 1. The average Bonchev–Trinajstić information content (AvgIpc) is 2.74. The lowest BCUT2D eigenvalue weighted by Gasteiger charge is -2.30. The predicted molar refractivity (Wildman–Crippen MR) is 119 cm³/mol. The molecule has 0 unspecified atom stereocenters. The molecule has 1 heterocycles. The Morgan fingerprint density at radius 3 is 2.45 bits per heavy atom. The molecule has 31 heavy (non-hydrogen) atoms. The quantitative estimate of drug-likeness (QED) is 0.691. The standard InChI is InChI=1S/C23H28N2O5S/c1-16-5-4-6-18(13-16)15-31(28,29)25-11-9-19(10-12-25)22(26)24-21-14-20(23(27)30-3)8-7-17(21)2/h4-8,13-14,19H,9-12,15H2,1-3H3,(H,24,26). The van der Waals surface area contributed by atoms with E-state index in [1.165, 1.54) is 11.4 Å². The van der Waals surface area contributed by atoms with Crippen LogP contribution < -0.4 is 5.32 Å². The third-order valence-corrected chi connectivity index (χ3v) is 7.42. The van der Waals surface area contributed by atoms with E-state index in [-0.39, 0.29) is 17.6 Å². The lowest BCUT2D eigenvalue weighted by Crippen LogP contribution is -2.41. The van der Waals surface area contributed by atoms with E-state index in [2.05, 4.69) is 5.32 Å². The molecule has 0 aliphatic carbocycles. The summed E-state index contributed by atoms with van der Waals surface area (Å²) in [6, 6.07) is 12.5. The smallest absolute Gasteiger partial charge is 0.337 e. The monoisotopic (exact) mass is 444 g/mol. The Morgan fingerprint density at radius 2 is 1.81 bits per heavy atom. The van der Waals surface area contributed by atoms with E-state index in [0.29, 0.717) is 37.2 Å². The number of rotatable bonds is 6. The summed E-state index contributed by atoms with van der Waals surface area (Å²) in [6.45, 7) is 4.40. The van der Waals surface area contributed by atoms with Crippen molar-refractivity contribution in [1.82, 2.24) is 4.31 Å². The number of hydrogen-bond acceptors (Lipinski definition) is 5. The van der Waals surface area contributed by atoms with Crippen molar-refractivity contribution in [2.24, 2.45) is 5.92 Å². The Bertz CT molecular complexity index is 1070. The highest BCUT2D eigenvalue weighted by Crippen LogP contribution is 2.25. The van der Waals surface area contributed by atoms with Gasteiger partial charge in [0.25, 0.3) is 0 Å². The van der Waals surface area contributed by atoms with Gasteiger partial charge in [-0.25, -0.2) is 17.5 Å². The van der Waals surface area contributed by atoms with Gasteiger partial charge in [0.15, 0.2) is 0 Å². The summed E-state index contributed by atoms with van der Waals surface area (Å²) in [4.78, 5) is 24.5. The number of aryl methyl sites for hydroxylation is 2. The summed E-state index contributed by atoms with van der Waals surface area (Å²) in [6.07, 6.45) is 0.906. The van der Waals surface area contributed by atoms with Crippen LogP contribution in [0.5, 0.6) is 0 Å². The first-order valence-corrected chi connectivity index (χ1v) is 11.8. The Kier molecular flexibility index (Phi) is 7.12. The van der Waals surface area contributed by atoms with Crippen molar-refractivity contribution >= 4 is 27.6 Å². The van der Waals surface area contributed by atoms with Crippen LogP contribution >= 0.6 is 0 Å². The number of nitrogens with zero attached hydrogens (tertiary/aromatic N) is 1. The Morgan fingerprint density at radius 1 is 1.10 bits per heavy atom. The first kappa shape index (κ1) is 23.0. The zero-order valence-corrected chi connectivity index (χ0v) is 18.9. The number of benzene rings is 2. The van der Waals surface area contributed by atoms with E-state index in [4.69, 9.17) is 4.74 Å². The van der Waals surface area contributed by atoms with Gasteiger partial charge < -0.3 is 10.1 Å². The van der Waals surface area contributed by atoms with Crippen molar-refractivity contribution in [3.63, 3.8) is 0 Å². The van der Waals surface area contributed by atoms with Crippen LogP contribution in [0.2, 0.25) is 0 Å². The molecule has 2 aromatic carbocycles. The average molecular weight is 445 g/mol. The third kappa shape index (κ3) is 5.71. The molecule has 0 saturated carbocycles. The van der Waals surface area contributed by atoms with Crippen LogP contribution in [0.1, 0.15) is 39.9 Å². The predicted octanol–water partition coefficient (Wildman–Crippen LogP) is 3.27. The van der Waals surface area contributed by atoms with Gasteiger partial charge in [0.2, 0.25) is 15.9 Å². The molecular weight excluding hydrogens is 416 g/mol. The highest BCUT2D eigenvalue weighted by molar-refractivity contribution is 7.88. The topological polar surface area (TPSA) is 92.8 Å². The molecule has 2 aromatic rings. The maximum Gasteiger partial charge on any atom is 0.337 e. The van der Waals surface area contributed by atoms with Gasteiger partial charge in [0.1, 0.15) is 0 Å². The van der Waals surface area contributed by atoms with E-state index < -0.39 is 16.0 Å². The van der Waals surface area contributed by atoms with E-state index in [1.807, 2.05) is 38.1 Å². The largest absolute Gasteiger partial charge is 0.465 e. The van der Waals surface area contributed by atoms with Crippen LogP contribution in [-0.2, 0) is 25.3 Å². The first-order valence-electron chi connectivity index (χ1n) is 10.2. The van der Waals surface area contributed by atoms with Gasteiger partial charge in [-0.05, 0) is 49.9 Å². The van der Waals surface area contributed by atoms with Gasteiger partial charge in [0, 0.05) is 24.7 Å². The Labute approximate surface area is 183 Å². The molecule has 3 rings (SSSR count). The van der Waals surface area contributed by atoms with Crippen molar-refractivity contribution in [2.45, 2.75) is 32.4 Å². The van der Waals surface area contributed by atoms with E-state index in [1.54, 1.807) is 18.2 Å². The summed E-state index contributed by atoms with van der Waals surface area (Å²) in [5.41, 5.74) is 3.54. The molecule has 0 aromatic heterocycles. The minimum Gasteiger partial charge on any atom is -0.465 e. The van der Waals surface area contributed by atoms with Gasteiger partial charge in [-0.1, -0.05) is 35.9 Å². The number of methoxy groups -OCH3 is 1. The summed E-state index contributed by atoms with van der Waals surface area (Å²) in [7, 11) is -2.13. The molecule has 8 heteroatoms. The fourth-order valence-electron chi connectivity index (χ4n) is 3.74. The number of nitrogens with one attached hydrogen (secondary N) is 1. The van der Waals surface area contributed by atoms with Gasteiger partial charge >= 0.3 is 5.97 Å². The van der Waals surface area contributed by atoms with Gasteiger partial charge in [-0.2, -0.15) is 0 Å². The fourth-order valence-corrected chi connectivity index (χ4v) is 5.29. The zero-order chi connectivity index (χ0) is 22.6. The molecule has 166 valence electrons. The highest BCUT2D eigenvalue weighted by Gasteiger charge is 2.31. The maximum absolute atomic E-state index is 12.8. The molecule has 1 aliphatic heterocycles. The van der Waals surface area contributed by atoms with Gasteiger partial charge in [-0.15, -0.1) is 0 Å². The number of piperidine rings is 1. The van der Waals surface area contributed by atoms with Crippen LogP contribution in [0.4, 0.5) is 5.69 Å². The lowest BCUT2D eigenvalue weighted by molar-refractivity contribution is -0.120. The highest BCUT2D eigenvalue weighted by atomic mass is 32.2. The molecule has 1 aliphatic rings. The molecule has 0 bridgehead atoms. The minimum absolute atomic E-state index is 0.0366. The van der Waals surface area contributed by atoms with Crippen molar-refractivity contribution in [3.05, 3.63) is 64.7 Å². The van der Waals surface area contributed by atoms with E-state index in [9.17, 15) is 18.0 Å². The molecule has 1 amide bonds. The Hall–Kier alpha value is -2.71.